The molecule has 2 amide bonds. The zero-order valence-corrected chi connectivity index (χ0v) is 16.9. The topological polar surface area (TPSA) is 61.9 Å². The van der Waals surface area contributed by atoms with Gasteiger partial charge in [-0.15, -0.1) is 0 Å². The number of hydrogen-bond donors (Lipinski definition) is 1. The lowest BCUT2D eigenvalue weighted by Crippen LogP contribution is -2.44. The van der Waals surface area contributed by atoms with Crippen LogP contribution in [0.3, 0.4) is 0 Å². The van der Waals surface area contributed by atoms with Gasteiger partial charge in [0.05, 0.1) is 0 Å². The standard InChI is InChI=1S/C20H33N3O3/c1-7-23(22(5)6)18(24)14-13-17(15-16-11-9-8-10-12-16)21-19(25)26-20(2,3)4/h8-12,17H,7,13-15H2,1-6H3,(H,21,25). The second-order valence-corrected chi connectivity index (χ2v) is 7.53. The Balaban J connectivity index is 2.74. The number of hydrazine groups is 1. The molecule has 0 aliphatic rings. The molecule has 6 heteroatoms. The van der Waals surface area contributed by atoms with E-state index in [9.17, 15) is 9.59 Å². The van der Waals surface area contributed by atoms with Crippen LogP contribution in [-0.4, -0.2) is 54.3 Å². The molecule has 1 atom stereocenters. The summed E-state index contributed by atoms with van der Waals surface area (Å²) in [5.41, 5.74) is 0.558. The number of hydrogen-bond acceptors (Lipinski definition) is 4. The molecule has 0 radical (unpaired) electrons. The van der Waals surface area contributed by atoms with Crippen molar-refractivity contribution in [3.63, 3.8) is 0 Å². The molecule has 26 heavy (non-hydrogen) atoms. The summed E-state index contributed by atoms with van der Waals surface area (Å²) in [6.45, 7) is 8.06. The number of amides is 2. The van der Waals surface area contributed by atoms with E-state index >= 15 is 0 Å². The molecule has 1 rings (SSSR count). The van der Waals surface area contributed by atoms with E-state index < -0.39 is 11.7 Å². The van der Waals surface area contributed by atoms with Gasteiger partial charge in [0.25, 0.3) is 0 Å². The fourth-order valence-corrected chi connectivity index (χ4v) is 2.71. The molecule has 1 aromatic carbocycles. The number of rotatable bonds is 8. The Labute approximate surface area is 157 Å². The molecule has 0 bridgehead atoms. The second-order valence-electron chi connectivity index (χ2n) is 7.53. The predicted octanol–water partition coefficient (Wildman–Crippen LogP) is 3.23. The van der Waals surface area contributed by atoms with Crippen LogP contribution >= 0.6 is 0 Å². The molecule has 1 N–H and O–H groups in total. The second kappa shape index (κ2) is 10.2. The Hall–Kier alpha value is -2.08. The van der Waals surface area contributed by atoms with E-state index in [4.69, 9.17) is 4.74 Å². The first kappa shape index (κ1) is 22.0. The van der Waals surface area contributed by atoms with Gasteiger partial charge in [0.1, 0.15) is 5.60 Å². The Morgan fingerprint density at radius 3 is 2.27 bits per heavy atom. The van der Waals surface area contributed by atoms with Gasteiger partial charge in [-0.25, -0.2) is 9.80 Å². The van der Waals surface area contributed by atoms with Crippen LogP contribution in [0.2, 0.25) is 0 Å². The van der Waals surface area contributed by atoms with Gasteiger partial charge < -0.3 is 10.1 Å². The predicted molar refractivity (Wildman–Crippen MR) is 104 cm³/mol. The number of nitrogens with one attached hydrogen (secondary N) is 1. The molecular weight excluding hydrogens is 330 g/mol. The summed E-state index contributed by atoms with van der Waals surface area (Å²) < 4.78 is 5.37. The largest absolute Gasteiger partial charge is 0.444 e. The lowest BCUT2D eigenvalue weighted by atomic mass is 10.0. The summed E-state index contributed by atoms with van der Waals surface area (Å²) in [6.07, 6.45) is 1.11. The van der Waals surface area contributed by atoms with Crippen molar-refractivity contribution in [1.82, 2.24) is 15.3 Å². The van der Waals surface area contributed by atoms with Gasteiger partial charge in [0.15, 0.2) is 0 Å². The molecule has 6 nitrogen and oxygen atoms in total. The van der Waals surface area contributed by atoms with Crippen molar-refractivity contribution in [3.05, 3.63) is 35.9 Å². The zero-order valence-electron chi connectivity index (χ0n) is 16.9. The Morgan fingerprint density at radius 2 is 1.77 bits per heavy atom. The molecule has 0 aliphatic heterocycles. The monoisotopic (exact) mass is 363 g/mol. The van der Waals surface area contributed by atoms with E-state index in [-0.39, 0.29) is 11.9 Å². The van der Waals surface area contributed by atoms with Crippen LogP contribution in [-0.2, 0) is 16.0 Å². The maximum absolute atomic E-state index is 12.4. The summed E-state index contributed by atoms with van der Waals surface area (Å²) >= 11 is 0. The average Bonchev–Trinajstić information content (AvgIpc) is 2.52. The highest BCUT2D eigenvalue weighted by Gasteiger charge is 2.22. The van der Waals surface area contributed by atoms with Crippen LogP contribution in [0.4, 0.5) is 4.79 Å². The number of nitrogens with zero attached hydrogens (tertiary/aromatic N) is 2. The fraction of sp³-hybridized carbons (Fsp3) is 0.600. The first-order valence-electron chi connectivity index (χ1n) is 9.13. The molecule has 0 saturated carbocycles. The van der Waals surface area contributed by atoms with Gasteiger partial charge in [-0.05, 0) is 46.1 Å². The Bertz CT molecular complexity index is 567. The number of carbonyl (C=O) groups excluding carboxylic acids is 2. The minimum absolute atomic E-state index is 0.0431. The molecule has 146 valence electrons. The van der Waals surface area contributed by atoms with Gasteiger partial charge in [0, 0.05) is 33.1 Å². The maximum Gasteiger partial charge on any atom is 0.407 e. The third-order valence-electron chi connectivity index (χ3n) is 3.82. The van der Waals surface area contributed by atoms with Gasteiger partial charge in [-0.2, -0.15) is 0 Å². The lowest BCUT2D eigenvalue weighted by molar-refractivity contribution is -0.144. The highest BCUT2D eigenvalue weighted by atomic mass is 16.6. The zero-order chi connectivity index (χ0) is 19.7. The molecule has 1 unspecified atom stereocenters. The quantitative estimate of drug-likeness (QED) is 0.721. The normalized spacial score (nSPS) is 12.6. The van der Waals surface area contributed by atoms with Crippen LogP contribution < -0.4 is 5.32 Å². The minimum atomic E-state index is -0.554. The van der Waals surface area contributed by atoms with Gasteiger partial charge in [0.2, 0.25) is 5.91 Å². The van der Waals surface area contributed by atoms with Gasteiger partial charge >= 0.3 is 6.09 Å². The summed E-state index contributed by atoms with van der Waals surface area (Å²) in [5, 5.41) is 6.39. The maximum atomic E-state index is 12.4. The highest BCUT2D eigenvalue weighted by molar-refractivity contribution is 5.75. The molecular formula is C20H33N3O3. The Kier molecular flexibility index (Phi) is 8.58. The van der Waals surface area contributed by atoms with E-state index in [1.807, 2.05) is 72.1 Å². The molecule has 0 saturated heterocycles. The number of benzene rings is 1. The number of carbonyl (C=O) groups is 2. The van der Waals surface area contributed by atoms with Crippen molar-refractivity contribution >= 4 is 12.0 Å². The van der Waals surface area contributed by atoms with Gasteiger partial charge in [-0.3, -0.25) is 9.80 Å². The van der Waals surface area contributed by atoms with Crippen molar-refractivity contribution in [2.45, 2.75) is 58.6 Å². The number of ether oxygens (including phenoxy) is 1. The molecule has 0 fully saturated rings. The summed E-state index contributed by atoms with van der Waals surface area (Å²) in [5.74, 6) is 0.0431. The van der Waals surface area contributed by atoms with Crippen LogP contribution in [0.15, 0.2) is 30.3 Å². The van der Waals surface area contributed by atoms with Gasteiger partial charge in [-0.1, -0.05) is 30.3 Å². The molecule has 1 aromatic rings. The van der Waals surface area contributed by atoms with Crippen LogP contribution in [0.5, 0.6) is 0 Å². The molecule has 0 heterocycles. The van der Waals surface area contributed by atoms with Crippen LogP contribution in [0.25, 0.3) is 0 Å². The SMILES string of the molecule is CCN(C(=O)CCC(Cc1ccccc1)NC(=O)OC(C)(C)C)N(C)C. The molecule has 0 aliphatic carbocycles. The van der Waals surface area contributed by atoms with E-state index in [0.717, 1.165) is 5.56 Å². The van der Waals surface area contributed by atoms with Crippen LogP contribution in [0, 0.1) is 0 Å². The van der Waals surface area contributed by atoms with E-state index in [2.05, 4.69) is 5.32 Å². The molecule has 0 spiro atoms. The van der Waals surface area contributed by atoms with E-state index in [0.29, 0.717) is 25.8 Å². The summed E-state index contributed by atoms with van der Waals surface area (Å²) in [6, 6.07) is 9.76. The van der Waals surface area contributed by atoms with Crippen molar-refractivity contribution in [2.24, 2.45) is 0 Å². The van der Waals surface area contributed by atoms with Crippen molar-refractivity contribution in [3.8, 4) is 0 Å². The summed E-state index contributed by atoms with van der Waals surface area (Å²) in [4.78, 5) is 24.6. The fourth-order valence-electron chi connectivity index (χ4n) is 2.71. The summed E-state index contributed by atoms with van der Waals surface area (Å²) in [7, 11) is 3.70. The number of alkyl carbamates (subject to hydrolysis) is 1. The molecule has 0 aromatic heterocycles. The van der Waals surface area contributed by atoms with Crippen molar-refractivity contribution < 1.29 is 14.3 Å². The smallest absolute Gasteiger partial charge is 0.407 e. The average molecular weight is 364 g/mol. The highest BCUT2D eigenvalue weighted by Crippen LogP contribution is 2.12. The Morgan fingerprint density at radius 1 is 1.15 bits per heavy atom. The third-order valence-corrected chi connectivity index (χ3v) is 3.82. The van der Waals surface area contributed by atoms with E-state index in [1.54, 1.807) is 10.0 Å². The van der Waals surface area contributed by atoms with Crippen molar-refractivity contribution in [1.29, 1.82) is 0 Å². The lowest BCUT2D eigenvalue weighted by Gasteiger charge is -2.28. The first-order valence-corrected chi connectivity index (χ1v) is 9.13. The van der Waals surface area contributed by atoms with Crippen LogP contribution in [0.1, 0.15) is 46.1 Å². The van der Waals surface area contributed by atoms with Crippen molar-refractivity contribution in [2.75, 3.05) is 20.6 Å². The third kappa shape index (κ3) is 8.34. The minimum Gasteiger partial charge on any atom is -0.444 e. The first-order chi connectivity index (χ1) is 12.1. The van der Waals surface area contributed by atoms with E-state index in [1.165, 1.54) is 0 Å².